The van der Waals surface area contributed by atoms with Crippen LogP contribution in [0.25, 0.3) is 0 Å². The van der Waals surface area contributed by atoms with Gasteiger partial charge in [-0.1, -0.05) is 43.7 Å². The Kier molecular flexibility index (Phi) is 4.06. The molecule has 91 valence electrons. The van der Waals surface area contributed by atoms with Gasteiger partial charge in [-0.05, 0) is 24.2 Å². The molecule has 1 radical (unpaired) electrons. The van der Waals surface area contributed by atoms with Crippen molar-refractivity contribution in [2.75, 3.05) is 18.6 Å². The van der Waals surface area contributed by atoms with E-state index in [1.54, 1.807) is 0 Å². The number of hydrogen-bond acceptors (Lipinski definition) is 1. The number of nitrogens with zero attached hydrogens (tertiary/aromatic N) is 1. The highest BCUT2D eigenvalue weighted by molar-refractivity contribution is 8.47. The number of hydrogen-bond donors (Lipinski definition) is 0. The van der Waals surface area contributed by atoms with Crippen molar-refractivity contribution in [2.45, 2.75) is 19.8 Å². The third kappa shape index (κ3) is 2.81. The molecule has 1 atom stereocenters. The molecule has 0 spiro atoms. The van der Waals surface area contributed by atoms with Gasteiger partial charge in [0.1, 0.15) is 0 Å². The second-order valence-corrected chi connectivity index (χ2v) is 7.88. The highest BCUT2D eigenvalue weighted by Crippen LogP contribution is 2.52. The summed E-state index contributed by atoms with van der Waals surface area (Å²) in [6.07, 6.45) is 7.12. The van der Waals surface area contributed by atoms with Crippen LogP contribution in [0.1, 0.15) is 25.3 Å². The van der Waals surface area contributed by atoms with E-state index in [1.807, 2.05) is 12.1 Å². The monoisotopic (exact) mass is 246 g/mol. The first-order valence-electron chi connectivity index (χ1n) is 6.20. The Morgan fingerprint density at radius 1 is 1.41 bits per heavy atom. The summed E-state index contributed by atoms with van der Waals surface area (Å²) in [4.78, 5) is 4.73. The van der Waals surface area contributed by atoms with E-state index in [4.69, 9.17) is 4.99 Å². The zero-order valence-electron chi connectivity index (χ0n) is 10.6. The Labute approximate surface area is 106 Å². The molecule has 1 aliphatic heterocycles. The fraction of sp³-hybridized carbons (Fsp3) is 0.400. The maximum atomic E-state index is 4.73. The van der Waals surface area contributed by atoms with Crippen LogP contribution >= 0.6 is 10.0 Å². The zero-order chi connectivity index (χ0) is 12.1. The van der Waals surface area contributed by atoms with Crippen molar-refractivity contribution in [2.24, 2.45) is 4.99 Å². The minimum atomic E-state index is -0.814. The van der Waals surface area contributed by atoms with Crippen molar-refractivity contribution < 1.29 is 0 Å². The highest BCUT2D eigenvalue weighted by Gasteiger charge is 2.27. The van der Waals surface area contributed by atoms with Crippen molar-refractivity contribution in [3.8, 4) is 0 Å². The van der Waals surface area contributed by atoms with Gasteiger partial charge in [-0.15, -0.1) is 0 Å². The SMILES string of the molecule is CCCC=CS1(C)CCN=C1c1cc[c]cc1. The van der Waals surface area contributed by atoms with Gasteiger partial charge in [0.05, 0.1) is 5.04 Å². The Morgan fingerprint density at radius 2 is 2.18 bits per heavy atom. The lowest BCUT2D eigenvalue weighted by Crippen LogP contribution is -2.08. The molecule has 1 nitrogen and oxygen atoms in total. The molecule has 0 saturated carbocycles. The minimum absolute atomic E-state index is 0.814. The van der Waals surface area contributed by atoms with Gasteiger partial charge >= 0.3 is 0 Å². The predicted molar refractivity (Wildman–Crippen MR) is 79.1 cm³/mol. The number of rotatable bonds is 4. The molecular weight excluding hydrogens is 226 g/mol. The Balaban J connectivity index is 2.22. The first-order chi connectivity index (χ1) is 8.26. The topological polar surface area (TPSA) is 12.4 Å². The average Bonchev–Trinajstić information content (AvgIpc) is 2.73. The Hall–Kier alpha value is -1.02. The smallest absolute Gasteiger partial charge is 0.0840 e. The van der Waals surface area contributed by atoms with Crippen molar-refractivity contribution in [1.29, 1.82) is 0 Å². The first-order valence-corrected chi connectivity index (χ1v) is 8.47. The molecule has 0 aromatic heterocycles. The van der Waals surface area contributed by atoms with E-state index in [1.165, 1.54) is 29.2 Å². The zero-order valence-corrected chi connectivity index (χ0v) is 11.5. The Morgan fingerprint density at radius 3 is 2.88 bits per heavy atom. The molecule has 0 aliphatic carbocycles. The van der Waals surface area contributed by atoms with Gasteiger partial charge in [0.15, 0.2) is 0 Å². The second-order valence-electron chi connectivity index (χ2n) is 4.50. The molecule has 0 N–H and O–H groups in total. The number of benzene rings is 1. The molecule has 1 unspecified atom stereocenters. The summed E-state index contributed by atoms with van der Waals surface area (Å²) in [5, 5.41) is 3.75. The van der Waals surface area contributed by atoms with E-state index >= 15 is 0 Å². The van der Waals surface area contributed by atoms with E-state index in [0.29, 0.717) is 0 Å². The third-order valence-electron chi connectivity index (χ3n) is 3.03. The molecule has 2 rings (SSSR count). The summed E-state index contributed by atoms with van der Waals surface area (Å²) in [6.45, 7) is 3.20. The molecular formula is C15H20NS. The molecule has 0 fully saturated rings. The van der Waals surface area contributed by atoms with Crippen LogP contribution in [0.3, 0.4) is 0 Å². The van der Waals surface area contributed by atoms with Gasteiger partial charge in [0.25, 0.3) is 0 Å². The predicted octanol–water partition coefficient (Wildman–Crippen LogP) is 4.00. The lowest BCUT2D eigenvalue weighted by atomic mass is 10.2. The van der Waals surface area contributed by atoms with Crippen LogP contribution in [0.4, 0.5) is 0 Å². The van der Waals surface area contributed by atoms with Crippen LogP contribution < -0.4 is 0 Å². The largest absolute Gasteiger partial charge is 0.278 e. The Bertz CT molecular complexity index is 422. The van der Waals surface area contributed by atoms with Gasteiger partial charge in [-0.25, -0.2) is 0 Å². The average molecular weight is 246 g/mol. The molecule has 0 bridgehead atoms. The molecule has 0 amide bonds. The van der Waals surface area contributed by atoms with Crippen molar-refractivity contribution in [3.05, 3.63) is 47.4 Å². The second kappa shape index (κ2) is 5.54. The lowest BCUT2D eigenvalue weighted by Gasteiger charge is -2.28. The maximum Gasteiger partial charge on any atom is 0.0840 e. The molecule has 1 aromatic rings. The molecule has 2 heteroatoms. The van der Waals surface area contributed by atoms with E-state index in [0.717, 1.165) is 6.54 Å². The molecule has 1 aromatic carbocycles. The molecule has 0 saturated heterocycles. The molecule has 1 heterocycles. The van der Waals surface area contributed by atoms with Crippen LogP contribution in [0.2, 0.25) is 0 Å². The number of aliphatic imine (C=N–C) groups is 1. The van der Waals surface area contributed by atoms with Gasteiger partial charge in [-0.2, -0.15) is 10.0 Å². The van der Waals surface area contributed by atoms with Crippen LogP contribution in [0.5, 0.6) is 0 Å². The van der Waals surface area contributed by atoms with Crippen LogP contribution in [-0.4, -0.2) is 23.6 Å². The number of unbranched alkanes of at least 4 members (excludes halogenated alkanes) is 1. The van der Waals surface area contributed by atoms with Crippen LogP contribution in [0.15, 0.2) is 40.7 Å². The standard InChI is InChI=1S/C15H20NS/c1-3-4-8-12-17(2)13-11-16-15(17)14-9-6-5-7-10-14/h6-10,12H,3-4,11,13H2,1-2H3. The van der Waals surface area contributed by atoms with Gasteiger partial charge in [-0.3, -0.25) is 4.99 Å². The van der Waals surface area contributed by atoms with E-state index in [9.17, 15) is 0 Å². The minimum Gasteiger partial charge on any atom is -0.278 e. The summed E-state index contributed by atoms with van der Waals surface area (Å²) in [6, 6.07) is 11.3. The molecule has 1 aliphatic rings. The fourth-order valence-electron chi connectivity index (χ4n) is 2.05. The van der Waals surface area contributed by atoms with Gasteiger partial charge in [0, 0.05) is 17.9 Å². The normalized spacial score (nSPS) is 28.0. The summed E-state index contributed by atoms with van der Waals surface area (Å²) in [5.41, 5.74) is 1.28. The van der Waals surface area contributed by atoms with Crippen molar-refractivity contribution in [1.82, 2.24) is 0 Å². The quantitative estimate of drug-likeness (QED) is 0.761. The summed E-state index contributed by atoms with van der Waals surface area (Å²) >= 11 is 0. The first kappa shape index (κ1) is 12.4. The van der Waals surface area contributed by atoms with Crippen LogP contribution in [-0.2, 0) is 0 Å². The summed E-state index contributed by atoms with van der Waals surface area (Å²) < 4.78 is 0. The highest BCUT2D eigenvalue weighted by atomic mass is 32.3. The van der Waals surface area contributed by atoms with E-state index in [-0.39, 0.29) is 0 Å². The summed E-state index contributed by atoms with van der Waals surface area (Å²) in [5.74, 6) is 1.21. The van der Waals surface area contributed by atoms with Crippen molar-refractivity contribution >= 4 is 15.1 Å². The lowest BCUT2D eigenvalue weighted by molar-refractivity contribution is 0.960. The van der Waals surface area contributed by atoms with Gasteiger partial charge in [0.2, 0.25) is 0 Å². The van der Waals surface area contributed by atoms with Crippen molar-refractivity contribution in [3.63, 3.8) is 0 Å². The van der Waals surface area contributed by atoms with E-state index < -0.39 is 10.0 Å². The molecule has 17 heavy (non-hydrogen) atoms. The maximum absolute atomic E-state index is 4.73. The number of allylic oxidation sites excluding steroid dienone is 1. The summed E-state index contributed by atoms with van der Waals surface area (Å²) in [7, 11) is -0.814. The van der Waals surface area contributed by atoms with E-state index in [2.05, 4.69) is 42.9 Å². The fourth-order valence-corrected chi connectivity index (χ4v) is 4.60. The van der Waals surface area contributed by atoms with Crippen LogP contribution in [0, 0.1) is 6.07 Å². The third-order valence-corrected chi connectivity index (χ3v) is 6.10. The van der Waals surface area contributed by atoms with Gasteiger partial charge < -0.3 is 0 Å².